The van der Waals surface area contributed by atoms with Gasteiger partial charge in [0.05, 0.1) is 11.0 Å². The minimum atomic E-state index is -0.329. The van der Waals surface area contributed by atoms with Crippen LogP contribution in [0.1, 0.15) is 32.6 Å². The van der Waals surface area contributed by atoms with E-state index in [2.05, 4.69) is 11.9 Å². The molecule has 140 valence electrons. The summed E-state index contributed by atoms with van der Waals surface area (Å²) in [4.78, 5) is 17.3. The first-order valence-corrected chi connectivity index (χ1v) is 9.51. The average Bonchev–Trinajstić information content (AvgIpc) is 3.00. The molecule has 4 nitrogen and oxygen atoms in total. The normalized spacial score (nSPS) is 19.9. The highest BCUT2D eigenvalue weighted by Gasteiger charge is 2.23. The van der Waals surface area contributed by atoms with Gasteiger partial charge in [-0.3, -0.25) is 4.79 Å². The van der Waals surface area contributed by atoms with Crippen LogP contribution in [-0.2, 0) is 16.1 Å². The number of nitrogens with zero attached hydrogens (tertiary/aromatic N) is 2. The zero-order valence-electron chi connectivity index (χ0n) is 15.4. The zero-order chi connectivity index (χ0) is 18.8. The van der Waals surface area contributed by atoms with Gasteiger partial charge in [0.15, 0.2) is 0 Å². The predicted molar refractivity (Wildman–Crippen MR) is 103 cm³/mol. The number of hydrogen-bond acceptors (Lipinski definition) is 3. The van der Waals surface area contributed by atoms with Gasteiger partial charge >= 0.3 is 5.97 Å². The third-order valence-electron chi connectivity index (χ3n) is 5.21. The molecule has 0 radical (unpaired) electrons. The molecule has 0 aliphatic heterocycles. The number of rotatable bonds is 4. The molecular weight excluding hydrogens is 343 g/mol. The lowest BCUT2D eigenvalue weighted by atomic mass is 9.89. The van der Waals surface area contributed by atoms with Crippen molar-refractivity contribution in [2.45, 2.75) is 45.3 Å². The van der Waals surface area contributed by atoms with E-state index >= 15 is 0 Å². The van der Waals surface area contributed by atoms with E-state index in [-0.39, 0.29) is 24.4 Å². The Morgan fingerprint density at radius 1 is 1.22 bits per heavy atom. The van der Waals surface area contributed by atoms with Crippen LogP contribution in [-0.4, -0.2) is 21.6 Å². The summed E-state index contributed by atoms with van der Waals surface area (Å²) in [6.45, 7) is 2.27. The van der Waals surface area contributed by atoms with Crippen LogP contribution >= 0.6 is 0 Å². The van der Waals surface area contributed by atoms with Gasteiger partial charge in [-0.1, -0.05) is 37.6 Å². The Bertz CT molecular complexity index is 966. The van der Waals surface area contributed by atoms with Crippen LogP contribution in [0.4, 0.5) is 4.39 Å². The molecule has 4 rings (SSSR count). The van der Waals surface area contributed by atoms with Crippen LogP contribution in [0.5, 0.6) is 0 Å². The Labute approximate surface area is 158 Å². The molecule has 0 spiro atoms. The number of esters is 1. The van der Waals surface area contributed by atoms with Crippen molar-refractivity contribution in [1.29, 1.82) is 0 Å². The highest BCUT2D eigenvalue weighted by Crippen LogP contribution is 2.28. The molecular formula is C22H23FN2O2. The molecule has 0 saturated heterocycles. The number of carbonyl (C=O) groups is 1. The molecule has 0 amide bonds. The van der Waals surface area contributed by atoms with Crippen LogP contribution in [0.3, 0.4) is 0 Å². The molecule has 1 fully saturated rings. The molecule has 2 aromatic carbocycles. The summed E-state index contributed by atoms with van der Waals surface area (Å²) >= 11 is 0. The van der Waals surface area contributed by atoms with Crippen LogP contribution in [0, 0.1) is 11.7 Å². The lowest BCUT2D eigenvalue weighted by Gasteiger charge is -2.26. The number of hydrogen-bond donors (Lipinski definition) is 0. The third-order valence-corrected chi connectivity index (χ3v) is 5.21. The maximum absolute atomic E-state index is 13.7. The molecule has 2 unspecified atom stereocenters. The second-order valence-corrected chi connectivity index (χ2v) is 7.40. The highest BCUT2D eigenvalue weighted by molar-refractivity contribution is 5.83. The summed E-state index contributed by atoms with van der Waals surface area (Å²) in [5.41, 5.74) is 2.26. The van der Waals surface area contributed by atoms with Gasteiger partial charge < -0.3 is 9.30 Å². The quantitative estimate of drug-likeness (QED) is 0.613. The van der Waals surface area contributed by atoms with Crippen LogP contribution < -0.4 is 0 Å². The number of imidazole rings is 1. The summed E-state index contributed by atoms with van der Waals surface area (Å²) in [6.07, 6.45) is 4.14. The maximum atomic E-state index is 13.7. The summed E-state index contributed by atoms with van der Waals surface area (Å²) < 4.78 is 21.3. The molecule has 1 aliphatic carbocycles. The van der Waals surface area contributed by atoms with E-state index in [1.165, 1.54) is 18.6 Å². The van der Waals surface area contributed by atoms with Gasteiger partial charge in [-0.05, 0) is 49.4 Å². The Morgan fingerprint density at radius 2 is 2.07 bits per heavy atom. The number of benzene rings is 2. The first-order valence-electron chi connectivity index (χ1n) is 9.51. The molecule has 1 heterocycles. The second kappa shape index (κ2) is 7.51. The summed E-state index contributed by atoms with van der Waals surface area (Å²) in [5.74, 6) is 0.568. The van der Waals surface area contributed by atoms with Crippen molar-refractivity contribution < 1.29 is 13.9 Å². The van der Waals surface area contributed by atoms with Gasteiger partial charge in [0.2, 0.25) is 0 Å². The number of carbonyl (C=O) groups excluding carboxylic acids is 1. The lowest BCUT2D eigenvalue weighted by Crippen LogP contribution is -2.26. The molecule has 0 N–H and O–H groups in total. The SMILES string of the molecule is CC1CCCC(OC(=O)Cn2c(-c3cccc(F)c3)nc3ccccc32)C1. The van der Waals surface area contributed by atoms with E-state index in [0.717, 1.165) is 30.3 Å². The van der Waals surface area contributed by atoms with Gasteiger partial charge in [0, 0.05) is 5.56 Å². The van der Waals surface area contributed by atoms with E-state index < -0.39 is 0 Å². The standard InChI is InChI=1S/C22H23FN2O2/c1-15-6-4-9-18(12-15)27-21(26)14-25-20-11-3-2-10-19(20)24-22(25)16-7-5-8-17(23)13-16/h2-3,5,7-8,10-11,13,15,18H,4,6,9,12,14H2,1H3. The van der Waals surface area contributed by atoms with E-state index in [1.54, 1.807) is 12.1 Å². The summed E-state index contributed by atoms with van der Waals surface area (Å²) in [6, 6.07) is 13.9. The Balaban J connectivity index is 1.63. The highest BCUT2D eigenvalue weighted by atomic mass is 19.1. The summed E-state index contributed by atoms with van der Waals surface area (Å²) in [7, 11) is 0. The van der Waals surface area contributed by atoms with Crippen molar-refractivity contribution in [2.75, 3.05) is 0 Å². The molecule has 1 saturated carbocycles. The van der Waals surface area contributed by atoms with E-state index in [4.69, 9.17) is 4.74 Å². The Hall–Kier alpha value is -2.69. The second-order valence-electron chi connectivity index (χ2n) is 7.40. The van der Waals surface area contributed by atoms with Crippen molar-refractivity contribution in [2.24, 2.45) is 5.92 Å². The van der Waals surface area contributed by atoms with Crippen LogP contribution in [0.25, 0.3) is 22.4 Å². The molecule has 1 aromatic heterocycles. The number of ether oxygens (including phenoxy) is 1. The summed E-state index contributed by atoms with van der Waals surface area (Å²) in [5, 5.41) is 0. The van der Waals surface area contributed by atoms with E-state index in [0.29, 0.717) is 17.3 Å². The number of para-hydroxylation sites is 2. The van der Waals surface area contributed by atoms with Gasteiger partial charge in [0.25, 0.3) is 0 Å². The van der Waals surface area contributed by atoms with Crippen molar-refractivity contribution >= 4 is 17.0 Å². The van der Waals surface area contributed by atoms with Crippen LogP contribution in [0.15, 0.2) is 48.5 Å². The molecule has 0 bridgehead atoms. The topological polar surface area (TPSA) is 44.1 Å². The lowest BCUT2D eigenvalue weighted by molar-refractivity contribution is -0.151. The predicted octanol–water partition coefficient (Wildman–Crippen LogP) is 4.96. The Kier molecular flexibility index (Phi) is 4.92. The van der Waals surface area contributed by atoms with Gasteiger partial charge in [0.1, 0.15) is 24.3 Å². The number of fused-ring (bicyclic) bond motifs is 1. The fourth-order valence-electron chi connectivity index (χ4n) is 3.92. The van der Waals surface area contributed by atoms with Crippen molar-refractivity contribution in [3.63, 3.8) is 0 Å². The molecule has 5 heteroatoms. The number of aromatic nitrogens is 2. The zero-order valence-corrected chi connectivity index (χ0v) is 15.4. The molecule has 27 heavy (non-hydrogen) atoms. The molecule has 3 aromatic rings. The molecule has 2 atom stereocenters. The first-order chi connectivity index (χ1) is 13.1. The van der Waals surface area contributed by atoms with Gasteiger partial charge in [-0.15, -0.1) is 0 Å². The van der Waals surface area contributed by atoms with Crippen molar-refractivity contribution in [1.82, 2.24) is 9.55 Å². The fourth-order valence-corrected chi connectivity index (χ4v) is 3.92. The fraction of sp³-hybridized carbons (Fsp3) is 0.364. The largest absolute Gasteiger partial charge is 0.461 e. The third kappa shape index (κ3) is 3.87. The first kappa shape index (κ1) is 17.7. The smallest absolute Gasteiger partial charge is 0.326 e. The number of halogens is 1. The van der Waals surface area contributed by atoms with Gasteiger partial charge in [-0.2, -0.15) is 0 Å². The van der Waals surface area contributed by atoms with Crippen molar-refractivity contribution in [3.8, 4) is 11.4 Å². The molecule has 1 aliphatic rings. The minimum absolute atomic E-state index is 0.00587. The average molecular weight is 366 g/mol. The van der Waals surface area contributed by atoms with E-state index in [1.807, 2.05) is 28.8 Å². The van der Waals surface area contributed by atoms with E-state index in [9.17, 15) is 9.18 Å². The monoisotopic (exact) mass is 366 g/mol. The van der Waals surface area contributed by atoms with Crippen molar-refractivity contribution in [3.05, 3.63) is 54.3 Å². The van der Waals surface area contributed by atoms with Crippen LogP contribution in [0.2, 0.25) is 0 Å². The minimum Gasteiger partial charge on any atom is -0.461 e. The van der Waals surface area contributed by atoms with Gasteiger partial charge in [-0.25, -0.2) is 9.37 Å². The Morgan fingerprint density at radius 3 is 2.89 bits per heavy atom. The maximum Gasteiger partial charge on any atom is 0.326 e.